The van der Waals surface area contributed by atoms with Crippen LogP contribution in [0.2, 0.25) is 0 Å². The average Bonchev–Trinajstić information content (AvgIpc) is 2.82. The summed E-state index contributed by atoms with van der Waals surface area (Å²) in [5.74, 6) is 0. The predicted octanol–water partition coefficient (Wildman–Crippen LogP) is 6.06. The van der Waals surface area contributed by atoms with Crippen LogP contribution in [0.15, 0.2) is 97.6 Å². The lowest BCUT2D eigenvalue weighted by Crippen LogP contribution is -1.95. The maximum atomic E-state index is 4.71. The van der Waals surface area contributed by atoms with Crippen LogP contribution in [-0.2, 0) is 0 Å². The lowest BCUT2D eigenvalue weighted by Gasteiger charge is -2.12. The van der Waals surface area contributed by atoms with E-state index in [2.05, 4.69) is 57.4 Å². The van der Waals surface area contributed by atoms with Crippen molar-refractivity contribution in [3.8, 4) is 22.5 Å². The van der Waals surface area contributed by atoms with E-state index in [-0.39, 0.29) is 0 Å². The van der Waals surface area contributed by atoms with Gasteiger partial charge in [-0.1, -0.05) is 48.5 Å². The highest BCUT2D eigenvalue weighted by Gasteiger charge is 2.15. The fraction of sp³-hybridized carbons (Fsp3) is 0. The first-order valence-electron chi connectivity index (χ1n) is 9.81. The first kappa shape index (κ1) is 16.7. The van der Waals surface area contributed by atoms with Crippen LogP contribution < -0.4 is 0 Å². The third-order valence-electron chi connectivity index (χ3n) is 5.47. The van der Waals surface area contributed by atoms with Gasteiger partial charge in [0.25, 0.3) is 0 Å². The number of pyridine rings is 2. The third-order valence-corrected chi connectivity index (χ3v) is 5.47. The van der Waals surface area contributed by atoms with Crippen molar-refractivity contribution >= 4 is 32.6 Å². The van der Waals surface area contributed by atoms with Gasteiger partial charge in [0, 0.05) is 28.6 Å². The summed E-state index contributed by atoms with van der Waals surface area (Å²) in [6.45, 7) is 0. The Morgan fingerprint density at radius 1 is 0.533 bits per heavy atom. The molecule has 0 atom stereocenters. The molecule has 0 amide bonds. The van der Waals surface area contributed by atoms with Gasteiger partial charge in [0.2, 0.25) is 0 Å². The molecule has 0 N–H and O–H groups in total. The smallest absolute Gasteiger partial charge is 0.116 e. The van der Waals surface area contributed by atoms with Gasteiger partial charge >= 0.3 is 0 Å². The van der Waals surface area contributed by atoms with E-state index >= 15 is 0 Å². The Morgan fingerprint density at radius 3 is 2.47 bits per heavy atom. The third kappa shape index (κ3) is 2.62. The molecule has 3 aromatic heterocycles. The number of nitrogens with zero attached hydrogens (tertiary/aromatic N) is 4. The molecule has 0 unspecified atom stereocenters. The van der Waals surface area contributed by atoms with E-state index in [9.17, 15) is 0 Å². The lowest BCUT2D eigenvalue weighted by atomic mass is 9.96. The predicted molar refractivity (Wildman–Crippen MR) is 121 cm³/mol. The molecule has 4 heteroatoms. The first-order valence-corrected chi connectivity index (χ1v) is 9.81. The molecule has 30 heavy (non-hydrogen) atoms. The summed E-state index contributed by atoms with van der Waals surface area (Å²) in [6, 6.07) is 26.9. The minimum Gasteiger partial charge on any atom is -0.256 e. The Kier molecular flexibility index (Phi) is 3.74. The van der Waals surface area contributed by atoms with Crippen molar-refractivity contribution in [2.45, 2.75) is 0 Å². The highest BCUT2D eigenvalue weighted by atomic mass is 14.9. The normalized spacial score (nSPS) is 11.3. The second-order valence-electron chi connectivity index (χ2n) is 7.21. The molecule has 3 aromatic carbocycles. The van der Waals surface area contributed by atoms with Crippen LogP contribution >= 0.6 is 0 Å². The van der Waals surface area contributed by atoms with Crippen LogP contribution in [-0.4, -0.2) is 19.9 Å². The minimum absolute atomic E-state index is 0.846. The fourth-order valence-corrected chi connectivity index (χ4v) is 4.08. The monoisotopic (exact) mass is 384 g/mol. The first-order chi connectivity index (χ1) is 14.9. The van der Waals surface area contributed by atoms with E-state index in [1.807, 2.05) is 48.8 Å². The zero-order chi connectivity index (χ0) is 19.9. The Morgan fingerprint density at radius 2 is 1.47 bits per heavy atom. The summed E-state index contributed by atoms with van der Waals surface area (Å²) in [7, 11) is 0. The topological polar surface area (TPSA) is 51.6 Å². The molecule has 0 fully saturated rings. The van der Waals surface area contributed by atoms with Gasteiger partial charge in [0.1, 0.15) is 12.0 Å². The van der Waals surface area contributed by atoms with Gasteiger partial charge in [0.05, 0.1) is 16.7 Å². The molecule has 6 aromatic rings. The number of hydrogen-bond acceptors (Lipinski definition) is 4. The molecule has 0 saturated carbocycles. The zero-order valence-corrected chi connectivity index (χ0v) is 16.0. The standard InChI is InChI=1S/C26H16N4/c1-2-7-21-17(5-1)12-14-28-25(21)26-24-20(8-3-9-23(24)29-16-30-26)18-10-11-22-19(15-18)6-4-13-27-22/h1-16H. The molecule has 0 bridgehead atoms. The van der Waals surface area contributed by atoms with Crippen molar-refractivity contribution in [1.82, 2.24) is 19.9 Å². The highest BCUT2D eigenvalue weighted by Crippen LogP contribution is 2.36. The van der Waals surface area contributed by atoms with Gasteiger partial charge in [0.15, 0.2) is 0 Å². The van der Waals surface area contributed by atoms with Crippen molar-refractivity contribution in [2.75, 3.05) is 0 Å². The van der Waals surface area contributed by atoms with Crippen molar-refractivity contribution in [2.24, 2.45) is 0 Å². The second kappa shape index (κ2) is 6.71. The molecule has 0 aliphatic heterocycles. The van der Waals surface area contributed by atoms with Crippen molar-refractivity contribution in [3.63, 3.8) is 0 Å². The Labute approximate surface area is 172 Å². The summed E-state index contributed by atoms with van der Waals surface area (Å²) >= 11 is 0. The van der Waals surface area contributed by atoms with Crippen molar-refractivity contribution in [3.05, 3.63) is 97.6 Å². The fourth-order valence-electron chi connectivity index (χ4n) is 4.08. The van der Waals surface area contributed by atoms with Gasteiger partial charge in [-0.05, 0) is 46.8 Å². The van der Waals surface area contributed by atoms with E-state index in [0.717, 1.165) is 55.1 Å². The Balaban J connectivity index is 1.69. The maximum absolute atomic E-state index is 4.71. The van der Waals surface area contributed by atoms with Crippen molar-refractivity contribution in [1.29, 1.82) is 0 Å². The largest absolute Gasteiger partial charge is 0.256 e. The summed E-state index contributed by atoms with van der Waals surface area (Å²) in [4.78, 5) is 18.4. The van der Waals surface area contributed by atoms with E-state index in [0.29, 0.717) is 0 Å². The molecular weight excluding hydrogens is 368 g/mol. The second-order valence-corrected chi connectivity index (χ2v) is 7.21. The molecule has 4 nitrogen and oxygen atoms in total. The maximum Gasteiger partial charge on any atom is 0.116 e. The minimum atomic E-state index is 0.846. The summed E-state index contributed by atoms with van der Waals surface area (Å²) in [5.41, 5.74) is 5.79. The van der Waals surface area contributed by atoms with E-state index < -0.39 is 0 Å². The Bertz CT molecular complexity index is 1550. The molecule has 0 aliphatic carbocycles. The van der Waals surface area contributed by atoms with Gasteiger partial charge in [-0.2, -0.15) is 0 Å². The molecule has 0 radical (unpaired) electrons. The molecule has 140 valence electrons. The van der Waals surface area contributed by atoms with Crippen LogP contribution in [0.5, 0.6) is 0 Å². The number of benzene rings is 3. The molecule has 0 aliphatic rings. The van der Waals surface area contributed by atoms with E-state index in [1.54, 1.807) is 6.33 Å². The zero-order valence-electron chi connectivity index (χ0n) is 16.0. The molecule has 3 heterocycles. The Hall–Kier alpha value is -4.18. The SMILES string of the molecule is c1cnc2ccc(-c3cccc4ncnc(-c5nccc6ccccc56)c34)cc2c1. The highest BCUT2D eigenvalue weighted by molar-refractivity contribution is 6.07. The quantitative estimate of drug-likeness (QED) is 0.364. The number of fused-ring (bicyclic) bond motifs is 3. The number of rotatable bonds is 2. The number of hydrogen-bond donors (Lipinski definition) is 0. The average molecular weight is 384 g/mol. The van der Waals surface area contributed by atoms with Crippen LogP contribution in [0, 0.1) is 0 Å². The molecular formula is C26H16N4. The lowest BCUT2D eigenvalue weighted by molar-refractivity contribution is 1.20. The van der Waals surface area contributed by atoms with E-state index in [4.69, 9.17) is 4.98 Å². The van der Waals surface area contributed by atoms with Crippen LogP contribution in [0.1, 0.15) is 0 Å². The molecule has 6 rings (SSSR count). The summed E-state index contributed by atoms with van der Waals surface area (Å²) in [5, 5.41) is 4.34. The van der Waals surface area contributed by atoms with E-state index in [1.165, 1.54) is 0 Å². The summed E-state index contributed by atoms with van der Waals surface area (Å²) < 4.78 is 0. The van der Waals surface area contributed by atoms with Gasteiger partial charge in [-0.25, -0.2) is 9.97 Å². The van der Waals surface area contributed by atoms with Crippen LogP contribution in [0.4, 0.5) is 0 Å². The van der Waals surface area contributed by atoms with Crippen LogP contribution in [0.3, 0.4) is 0 Å². The van der Waals surface area contributed by atoms with Crippen molar-refractivity contribution < 1.29 is 0 Å². The number of aromatic nitrogens is 4. The van der Waals surface area contributed by atoms with Crippen LogP contribution in [0.25, 0.3) is 55.1 Å². The van der Waals surface area contributed by atoms with Gasteiger partial charge in [-0.3, -0.25) is 9.97 Å². The molecule has 0 spiro atoms. The molecule has 0 saturated heterocycles. The van der Waals surface area contributed by atoms with Gasteiger partial charge in [-0.15, -0.1) is 0 Å². The summed E-state index contributed by atoms with van der Waals surface area (Å²) in [6.07, 6.45) is 5.28. The van der Waals surface area contributed by atoms with Gasteiger partial charge < -0.3 is 0 Å².